The average molecular weight is 263 g/mol. The summed E-state index contributed by atoms with van der Waals surface area (Å²) in [6, 6.07) is 3.62. The predicted octanol–water partition coefficient (Wildman–Crippen LogP) is 1.28. The molecule has 0 saturated heterocycles. The van der Waals surface area contributed by atoms with Crippen LogP contribution < -0.4 is 4.72 Å². The molecule has 0 bridgehead atoms. The molecule has 0 radical (unpaired) electrons. The zero-order chi connectivity index (χ0) is 12.2. The van der Waals surface area contributed by atoms with Crippen molar-refractivity contribution >= 4 is 21.4 Å². The zero-order valence-corrected chi connectivity index (χ0v) is 11.1. The number of hydrogen-bond donors (Lipinski definition) is 2. The molecule has 0 amide bonds. The Kier molecular flexibility index (Phi) is 4.49. The van der Waals surface area contributed by atoms with Crippen molar-refractivity contribution in [2.75, 3.05) is 12.3 Å². The minimum atomic E-state index is -3.26. The highest BCUT2D eigenvalue weighted by atomic mass is 32.2. The van der Waals surface area contributed by atoms with Gasteiger partial charge in [-0.3, -0.25) is 0 Å². The van der Waals surface area contributed by atoms with Crippen molar-refractivity contribution in [1.29, 1.82) is 0 Å². The van der Waals surface area contributed by atoms with E-state index < -0.39 is 15.6 Å². The molecule has 1 atom stereocenters. The molecule has 1 unspecified atom stereocenters. The summed E-state index contributed by atoms with van der Waals surface area (Å²) in [5, 5.41) is 11.9. The summed E-state index contributed by atoms with van der Waals surface area (Å²) < 4.78 is 25.3. The van der Waals surface area contributed by atoms with E-state index in [-0.39, 0.29) is 12.3 Å². The fraction of sp³-hybridized carbons (Fsp3) is 0.600. The summed E-state index contributed by atoms with van der Waals surface area (Å²) in [4.78, 5) is 0.756. The van der Waals surface area contributed by atoms with E-state index in [2.05, 4.69) is 4.72 Å². The van der Waals surface area contributed by atoms with Crippen LogP contribution in [0, 0.1) is 0 Å². The van der Waals surface area contributed by atoms with Crippen molar-refractivity contribution in [3.05, 3.63) is 22.4 Å². The van der Waals surface area contributed by atoms with Crippen molar-refractivity contribution in [3.8, 4) is 0 Å². The molecule has 1 aromatic heterocycles. The van der Waals surface area contributed by atoms with E-state index in [0.29, 0.717) is 6.42 Å². The standard InChI is InChI=1S/C10H17NO3S2/c1-3-7-16(13,14)11-8-10(2,12)9-5-4-6-15-9/h4-6,11-12H,3,7-8H2,1-2H3. The molecule has 0 fully saturated rings. The van der Waals surface area contributed by atoms with E-state index >= 15 is 0 Å². The molecule has 0 aliphatic heterocycles. The Balaban J connectivity index is 2.62. The van der Waals surface area contributed by atoms with E-state index in [4.69, 9.17) is 0 Å². The van der Waals surface area contributed by atoms with Gasteiger partial charge >= 0.3 is 0 Å². The van der Waals surface area contributed by atoms with Gasteiger partial charge in [0.15, 0.2) is 0 Å². The lowest BCUT2D eigenvalue weighted by Crippen LogP contribution is -2.38. The predicted molar refractivity (Wildman–Crippen MR) is 66.0 cm³/mol. The fourth-order valence-corrected chi connectivity index (χ4v) is 3.23. The summed E-state index contributed by atoms with van der Waals surface area (Å²) in [7, 11) is -3.26. The number of sulfonamides is 1. The Hall–Kier alpha value is -0.430. The van der Waals surface area contributed by atoms with Crippen LogP contribution >= 0.6 is 11.3 Å². The summed E-state index contributed by atoms with van der Waals surface area (Å²) in [6.07, 6.45) is 0.566. The van der Waals surface area contributed by atoms with Gasteiger partial charge in [0.2, 0.25) is 10.0 Å². The number of nitrogens with one attached hydrogen (secondary N) is 1. The van der Waals surface area contributed by atoms with E-state index in [9.17, 15) is 13.5 Å². The van der Waals surface area contributed by atoms with Crippen LogP contribution in [0.1, 0.15) is 25.1 Å². The van der Waals surface area contributed by atoms with Crippen molar-refractivity contribution in [1.82, 2.24) is 4.72 Å². The molecule has 0 aromatic carbocycles. The van der Waals surface area contributed by atoms with Gasteiger partial charge in [0.1, 0.15) is 5.60 Å². The van der Waals surface area contributed by atoms with Gasteiger partial charge in [0.05, 0.1) is 5.75 Å². The third-order valence-electron chi connectivity index (χ3n) is 2.16. The number of hydrogen-bond acceptors (Lipinski definition) is 4. The maximum absolute atomic E-state index is 11.4. The second-order valence-electron chi connectivity index (χ2n) is 3.89. The van der Waals surface area contributed by atoms with Crippen LogP contribution in [0.25, 0.3) is 0 Å². The second kappa shape index (κ2) is 5.27. The summed E-state index contributed by atoms with van der Waals surface area (Å²) in [5.74, 6) is 0.0908. The largest absolute Gasteiger partial charge is 0.383 e. The molecule has 6 heteroatoms. The van der Waals surface area contributed by atoms with E-state index in [1.54, 1.807) is 19.9 Å². The third kappa shape index (κ3) is 3.86. The van der Waals surface area contributed by atoms with Crippen molar-refractivity contribution < 1.29 is 13.5 Å². The molecule has 0 aliphatic carbocycles. The van der Waals surface area contributed by atoms with Crippen LogP contribution in [0.4, 0.5) is 0 Å². The minimum Gasteiger partial charge on any atom is -0.383 e. The Morgan fingerprint density at radius 1 is 1.56 bits per heavy atom. The first-order chi connectivity index (χ1) is 7.37. The van der Waals surface area contributed by atoms with Gasteiger partial charge in [0.25, 0.3) is 0 Å². The fourth-order valence-electron chi connectivity index (χ4n) is 1.26. The van der Waals surface area contributed by atoms with Crippen LogP contribution in [0.15, 0.2) is 17.5 Å². The van der Waals surface area contributed by atoms with Crippen LogP contribution in [-0.2, 0) is 15.6 Å². The molecule has 16 heavy (non-hydrogen) atoms. The molecule has 92 valence electrons. The molecule has 1 aromatic rings. The first kappa shape index (κ1) is 13.6. The number of thiophene rings is 1. The van der Waals surface area contributed by atoms with Gasteiger partial charge < -0.3 is 5.11 Å². The van der Waals surface area contributed by atoms with Crippen molar-refractivity contribution in [3.63, 3.8) is 0 Å². The second-order valence-corrected chi connectivity index (χ2v) is 6.77. The Morgan fingerprint density at radius 3 is 2.75 bits per heavy atom. The summed E-state index contributed by atoms with van der Waals surface area (Å²) in [5.41, 5.74) is -1.14. The highest BCUT2D eigenvalue weighted by Gasteiger charge is 2.26. The van der Waals surface area contributed by atoms with Crippen molar-refractivity contribution in [2.24, 2.45) is 0 Å². The lowest BCUT2D eigenvalue weighted by atomic mass is 10.1. The normalized spacial score (nSPS) is 15.9. The Morgan fingerprint density at radius 2 is 2.25 bits per heavy atom. The molecule has 0 aliphatic rings. The monoisotopic (exact) mass is 263 g/mol. The van der Waals surface area contributed by atoms with E-state index in [1.165, 1.54) is 11.3 Å². The Bertz CT molecular complexity index is 409. The molecular weight excluding hydrogens is 246 g/mol. The smallest absolute Gasteiger partial charge is 0.211 e. The van der Waals surface area contributed by atoms with Crippen molar-refractivity contribution in [2.45, 2.75) is 25.9 Å². The lowest BCUT2D eigenvalue weighted by Gasteiger charge is -2.22. The topological polar surface area (TPSA) is 66.4 Å². The first-order valence-corrected chi connectivity index (χ1v) is 7.64. The molecule has 0 spiro atoms. The minimum absolute atomic E-state index is 0.00977. The molecule has 4 nitrogen and oxygen atoms in total. The molecule has 2 N–H and O–H groups in total. The Labute approximate surface area is 100 Å². The number of aliphatic hydroxyl groups is 1. The quantitative estimate of drug-likeness (QED) is 0.812. The summed E-state index contributed by atoms with van der Waals surface area (Å²) in [6.45, 7) is 3.42. The average Bonchev–Trinajstić information content (AvgIpc) is 2.68. The molecular formula is C10H17NO3S2. The van der Waals surface area contributed by atoms with Crippen LogP contribution in [0.3, 0.4) is 0 Å². The maximum atomic E-state index is 11.4. The van der Waals surface area contributed by atoms with E-state index in [1.807, 2.05) is 11.4 Å². The highest BCUT2D eigenvalue weighted by molar-refractivity contribution is 7.89. The van der Waals surface area contributed by atoms with E-state index in [0.717, 1.165) is 4.88 Å². The highest BCUT2D eigenvalue weighted by Crippen LogP contribution is 2.24. The van der Waals surface area contributed by atoms with Gasteiger partial charge in [-0.15, -0.1) is 11.3 Å². The van der Waals surface area contributed by atoms with Gasteiger partial charge in [-0.2, -0.15) is 0 Å². The van der Waals surface area contributed by atoms with Gasteiger partial charge in [-0.25, -0.2) is 13.1 Å². The maximum Gasteiger partial charge on any atom is 0.211 e. The van der Waals surface area contributed by atoms with Crippen LogP contribution in [0.2, 0.25) is 0 Å². The van der Waals surface area contributed by atoms with Gasteiger partial charge in [0, 0.05) is 11.4 Å². The lowest BCUT2D eigenvalue weighted by molar-refractivity contribution is 0.0666. The van der Waals surface area contributed by atoms with Gasteiger partial charge in [-0.1, -0.05) is 13.0 Å². The first-order valence-electron chi connectivity index (χ1n) is 5.11. The number of rotatable bonds is 6. The molecule has 1 heterocycles. The molecule has 0 saturated carbocycles. The summed E-state index contributed by atoms with van der Waals surface area (Å²) >= 11 is 1.41. The van der Waals surface area contributed by atoms with Gasteiger partial charge in [-0.05, 0) is 24.8 Å². The van der Waals surface area contributed by atoms with Crippen LogP contribution in [-0.4, -0.2) is 25.8 Å². The third-order valence-corrected chi connectivity index (χ3v) is 4.81. The SMILES string of the molecule is CCCS(=O)(=O)NCC(C)(O)c1cccs1. The van der Waals surface area contributed by atoms with Crippen LogP contribution in [0.5, 0.6) is 0 Å². The molecule has 1 rings (SSSR count). The zero-order valence-electron chi connectivity index (χ0n) is 9.43.